The average molecular weight is 389 g/mol. The molecule has 0 bridgehead atoms. The van der Waals surface area contributed by atoms with Crippen molar-refractivity contribution in [3.8, 4) is 0 Å². The second-order valence-corrected chi connectivity index (χ2v) is 6.11. The summed E-state index contributed by atoms with van der Waals surface area (Å²) in [7, 11) is 0. The summed E-state index contributed by atoms with van der Waals surface area (Å²) in [6.45, 7) is 2.43. The molecule has 0 radical (unpaired) electrons. The van der Waals surface area contributed by atoms with Crippen LogP contribution >= 0.6 is 0 Å². The van der Waals surface area contributed by atoms with Crippen LogP contribution in [0.2, 0.25) is 0 Å². The van der Waals surface area contributed by atoms with Gasteiger partial charge in [-0.2, -0.15) is 0 Å². The number of benzene rings is 1. The molecule has 7 N–H and O–H groups in total. The Kier molecular flexibility index (Phi) is 6.85. The lowest BCUT2D eigenvalue weighted by molar-refractivity contribution is -0.384. The number of primary amides is 2. The number of non-ortho nitro benzene ring substituents is 1. The number of nitrogens with zero attached hydrogens (tertiary/aromatic N) is 1. The van der Waals surface area contributed by atoms with Crippen LogP contribution in [0.15, 0.2) is 46.8 Å². The summed E-state index contributed by atoms with van der Waals surface area (Å²) < 4.78 is 5.44. The van der Waals surface area contributed by atoms with Gasteiger partial charge in [0, 0.05) is 35.9 Å². The van der Waals surface area contributed by atoms with Crippen LogP contribution in [-0.4, -0.2) is 36.5 Å². The Morgan fingerprint density at radius 1 is 1.14 bits per heavy atom. The van der Waals surface area contributed by atoms with Gasteiger partial charge in [0.25, 0.3) is 5.69 Å². The van der Waals surface area contributed by atoms with Gasteiger partial charge in [-0.3, -0.25) is 19.7 Å². The first kappa shape index (κ1) is 21.1. The molecule has 10 nitrogen and oxygen atoms in total. The van der Waals surface area contributed by atoms with Crippen LogP contribution in [0.1, 0.15) is 24.8 Å². The Morgan fingerprint density at radius 3 is 2.18 bits per heavy atom. The van der Waals surface area contributed by atoms with Gasteiger partial charge in [-0.25, -0.2) is 0 Å². The van der Waals surface area contributed by atoms with Crippen molar-refractivity contribution >= 4 is 17.5 Å². The first-order chi connectivity index (χ1) is 13.3. The van der Waals surface area contributed by atoms with Crippen molar-refractivity contribution in [2.75, 3.05) is 19.8 Å². The van der Waals surface area contributed by atoms with Gasteiger partial charge >= 0.3 is 0 Å². The minimum atomic E-state index is -0.858. The number of carbonyl (C=O) groups excluding carboxylic acids is 2. The van der Waals surface area contributed by atoms with Crippen LogP contribution in [0, 0.1) is 10.1 Å². The van der Waals surface area contributed by atoms with Gasteiger partial charge in [-0.15, -0.1) is 0 Å². The molecule has 0 fully saturated rings. The number of nitro groups is 1. The maximum atomic E-state index is 12.3. The number of nitrogens with two attached hydrogens (primary N) is 3. The monoisotopic (exact) mass is 389 g/mol. The fraction of sp³-hybridized carbons (Fsp3) is 0.333. The molecule has 150 valence electrons. The number of hydrogen-bond acceptors (Lipinski definition) is 7. The molecule has 1 aliphatic heterocycles. The molecule has 0 aliphatic carbocycles. The third-order valence-corrected chi connectivity index (χ3v) is 4.36. The molecule has 1 aromatic carbocycles. The lowest BCUT2D eigenvalue weighted by Gasteiger charge is -2.31. The minimum Gasteiger partial charge on any atom is -0.374 e. The van der Waals surface area contributed by atoms with Crippen molar-refractivity contribution in [1.82, 2.24) is 5.32 Å². The molecule has 2 rings (SSSR count). The van der Waals surface area contributed by atoms with Gasteiger partial charge in [0.05, 0.1) is 29.4 Å². The Hall–Kier alpha value is -3.24. The Morgan fingerprint density at radius 2 is 1.71 bits per heavy atom. The zero-order valence-electron chi connectivity index (χ0n) is 15.4. The Bertz CT molecular complexity index is 844. The van der Waals surface area contributed by atoms with Crippen molar-refractivity contribution in [3.05, 3.63) is 62.5 Å². The van der Waals surface area contributed by atoms with E-state index in [4.69, 9.17) is 21.9 Å². The topological polar surface area (TPSA) is 177 Å². The standard InChI is InChI=1S/C18H23N5O5/c1-2-12-15(17(20)24)14(10-3-5-11(6-4-10)23(26)27)16(18(21)25)13(22-12)9-28-8-7-19/h3-6,14,22H,2,7-9,19H2,1H3,(H2,20,24)(H2,21,25)/t14-/m1/s1. The molecule has 0 unspecified atom stereocenters. The molecule has 0 spiro atoms. The molecule has 0 saturated heterocycles. The van der Waals surface area contributed by atoms with E-state index in [1.807, 2.05) is 6.92 Å². The van der Waals surface area contributed by atoms with E-state index in [-0.39, 0.29) is 30.0 Å². The van der Waals surface area contributed by atoms with Gasteiger partial charge in [0.1, 0.15) is 0 Å². The van der Waals surface area contributed by atoms with Crippen LogP contribution in [0.5, 0.6) is 0 Å². The quantitative estimate of drug-likeness (QED) is 0.264. The zero-order valence-corrected chi connectivity index (χ0v) is 15.4. The van der Waals surface area contributed by atoms with Crippen molar-refractivity contribution in [3.63, 3.8) is 0 Å². The molecular weight excluding hydrogens is 366 g/mol. The third-order valence-electron chi connectivity index (χ3n) is 4.36. The molecule has 1 aromatic rings. The lowest BCUT2D eigenvalue weighted by atomic mass is 9.79. The molecule has 1 heterocycles. The highest BCUT2D eigenvalue weighted by Gasteiger charge is 2.36. The highest BCUT2D eigenvalue weighted by Crippen LogP contribution is 2.39. The fourth-order valence-corrected chi connectivity index (χ4v) is 3.16. The third kappa shape index (κ3) is 4.35. The van der Waals surface area contributed by atoms with Crippen molar-refractivity contribution < 1.29 is 19.2 Å². The van der Waals surface area contributed by atoms with Gasteiger partial charge < -0.3 is 27.3 Å². The van der Waals surface area contributed by atoms with Crippen LogP contribution in [0.4, 0.5) is 5.69 Å². The zero-order chi connectivity index (χ0) is 20.8. The van der Waals surface area contributed by atoms with Crippen LogP contribution in [-0.2, 0) is 14.3 Å². The van der Waals surface area contributed by atoms with Crippen LogP contribution in [0.3, 0.4) is 0 Å². The highest BCUT2D eigenvalue weighted by molar-refractivity contribution is 6.02. The highest BCUT2D eigenvalue weighted by atomic mass is 16.6. The summed E-state index contributed by atoms with van der Waals surface area (Å²) in [4.78, 5) is 34.9. The predicted octanol–water partition coefficient (Wildman–Crippen LogP) is 0.146. The number of dihydropyridines is 1. The molecule has 0 aromatic heterocycles. The van der Waals surface area contributed by atoms with Crippen molar-refractivity contribution in [2.24, 2.45) is 17.2 Å². The van der Waals surface area contributed by atoms with Gasteiger partial charge in [0.15, 0.2) is 0 Å². The average Bonchev–Trinajstić information content (AvgIpc) is 2.66. The van der Waals surface area contributed by atoms with Gasteiger partial charge in [-0.1, -0.05) is 19.1 Å². The number of carbonyl (C=O) groups is 2. The second-order valence-electron chi connectivity index (χ2n) is 6.11. The Labute approximate surface area is 161 Å². The molecule has 1 aliphatic rings. The van der Waals surface area contributed by atoms with Crippen molar-refractivity contribution in [1.29, 1.82) is 0 Å². The Balaban J connectivity index is 2.63. The van der Waals surface area contributed by atoms with E-state index in [0.717, 1.165) is 0 Å². The van der Waals surface area contributed by atoms with E-state index in [2.05, 4.69) is 5.32 Å². The number of hydrogen-bond donors (Lipinski definition) is 4. The number of amides is 2. The number of ether oxygens (including phenoxy) is 1. The van der Waals surface area contributed by atoms with Crippen LogP contribution < -0.4 is 22.5 Å². The van der Waals surface area contributed by atoms with E-state index >= 15 is 0 Å². The minimum absolute atomic E-state index is 0.0362. The number of allylic oxidation sites excluding steroid dienone is 1. The van der Waals surface area contributed by atoms with E-state index in [0.29, 0.717) is 29.9 Å². The first-order valence-electron chi connectivity index (χ1n) is 8.66. The smallest absolute Gasteiger partial charge is 0.269 e. The summed E-state index contributed by atoms with van der Waals surface area (Å²) in [6.07, 6.45) is 0.439. The van der Waals surface area contributed by atoms with E-state index in [1.54, 1.807) is 0 Å². The SMILES string of the molecule is CCC1=C(C(N)=O)[C@@H](c2ccc([N+](=O)[O-])cc2)C(C(N)=O)=C(COCCN)N1. The largest absolute Gasteiger partial charge is 0.374 e. The molecule has 1 atom stereocenters. The number of nitro benzene ring substituents is 1. The van der Waals surface area contributed by atoms with E-state index in [9.17, 15) is 19.7 Å². The lowest BCUT2D eigenvalue weighted by Crippen LogP contribution is -2.38. The molecule has 0 saturated carbocycles. The summed E-state index contributed by atoms with van der Waals surface area (Å²) >= 11 is 0. The molecule has 2 amide bonds. The normalized spacial score (nSPS) is 16.7. The summed E-state index contributed by atoms with van der Waals surface area (Å²) in [5.74, 6) is -2.33. The van der Waals surface area contributed by atoms with Crippen molar-refractivity contribution in [2.45, 2.75) is 19.3 Å². The fourth-order valence-electron chi connectivity index (χ4n) is 3.16. The molecule has 10 heteroatoms. The first-order valence-corrected chi connectivity index (χ1v) is 8.66. The summed E-state index contributed by atoms with van der Waals surface area (Å²) in [5.41, 5.74) is 18.3. The number of rotatable bonds is 9. The predicted molar refractivity (Wildman–Crippen MR) is 102 cm³/mol. The molecular formula is C18H23N5O5. The molecule has 28 heavy (non-hydrogen) atoms. The van der Waals surface area contributed by atoms with E-state index < -0.39 is 22.7 Å². The maximum Gasteiger partial charge on any atom is 0.269 e. The van der Waals surface area contributed by atoms with E-state index in [1.165, 1.54) is 24.3 Å². The summed E-state index contributed by atoms with van der Waals surface area (Å²) in [5, 5.41) is 14.0. The maximum absolute atomic E-state index is 12.3. The van der Waals surface area contributed by atoms with Gasteiger partial charge in [-0.05, 0) is 12.0 Å². The van der Waals surface area contributed by atoms with Gasteiger partial charge in [0.2, 0.25) is 11.8 Å². The summed E-state index contributed by atoms with van der Waals surface area (Å²) in [6, 6.07) is 5.55. The number of nitrogens with one attached hydrogen (secondary N) is 1. The van der Waals surface area contributed by atoms with Crippen LogP contribution in [0.25, 0.3) is 0 Å². The second kappa shape index (κ2) is 9.11.